The molecule has 0 spiro atoms. The van der Waals surface area contributed by atoms with Gasteiger partial charge in [0.05, 0.1) is 29.3 Å². The molecule has 1 aliphatic carbocycles. The monoisotopic (exact) mass is 520 g/mol. The number of ether oxygens (including phenoxy) is 1. The lowest BCUT2D eigenvalue weighted by atomic mass is 9.64. The highest BCUT2D eigenvalue weighted by atomic mass is 16.5. The highest BCUT2D eigenvalue weighted by molar-refractivity contribution is 5.82. The minimum Gasteiger partial charge on any atom is -0.383 e. The Balaban J connectivity index is 1.38. The van der Waals surface area contributed by atoms with Crippen LogP contribution >= 0.6 is 0 Å². The fourth-order valence-corrected chi connectivity index (χ4v) is 5.66. The van der Waals surface area contributed by atoms with Crippen LogP contribution in [0.25, 0.3) is 0 Å². The van der Waals surface area contributed by atoms with Gasteiger partial charge < -0.3 is 35.6 Å². The number of aldehydes is 1. The number of nitrogens with one attached hydrogen (secondary N) is 3. The Hall–Kier alpha value is -3.79. The highest BCUT2D eigenvalue weighted by Gasteiger charge is 2.57. The predicted octanol–water partition coefficient (Wildman–Crippen LogP) is 0.853. The van der Waals surface area contributed by atoms with E-state index >= 15 is 0 Å². The molecule has 2 aromatic rings. The SMILES string of the molecule is COCCNc1cc(NC(O)N2c3nc(C=O)ccc3C3(NC(=O)C4CCN(C)C4)CC2C3)ncc1C#N. The maximum atomic E-state index is 13.1. The molecule has 2 fully saturated rings. The summed E-state index contributed by atoms with van der Waals surface area (Å²) in [7, 11) is 3.61. The van der Waals surface area contributed by atoms with Gasteiger partial charge in [0.15, 0.2) is 6.29 Å². The second kappa shape index (κ2) is 10.5. The molecule has 0 aromatic carbocycles. The summed E-state index contributed by atoms with van der Waals surface area (Å²) in [5, 5.41) is 30.1. The van der Waals surface area contributed by atoms with E-state index in [0.717, 1.165) is 25.1 Å². The van der Waals surface area contributed by atoms with Gasteiger partial charge in [-0.3, -0.25) is 9.59 Å². The van der Waals surface area contributed by atoms with Gasteiger partial charge in [0.2, 0.25) is 12.3 Å². The van der Waals surface area contributed by atoms with Gasteiger partial charge in [0, 0.05) is 44.1 Å². The average Bonchev–Trinajstić information content (AvgIpc) is 3.34. The van der Waals surface area contributed by atoms with Gasteiger partial charge in [-0.15, -0.1) is 0 Å². The number of hydrogen-bond acceptors (Lipinski definition) is 11. The first-order valence-electron chi connectivity index (χ1n) is 12.7. The van der Waals surface area contributed by atoms with Crippen molar-refractivity contribution in [3.63, 3.8) is 0 Å². The Morgan fingerprint density at radius 3 is 2.92 bits per heavy atom. The van der Waals surface area contributed by atoms with Crippen molar-refractivity contribution in [1.82, 2.24) is 20.2 Å². The molecule has 200 valence electrons. The summed E-state index contributed by atoms with van der Waals surface area (Å²) in [5.41, 5.74) is 1.38. The summed E-state index contributed by atoms with van der Waals surface area (Å²) in [6, 6.07) is 7.11. The van der Waals surface area contributed by atoms with Gasteiger partial charge in [0.1, 0.15) is 23.4 Å². The van der Waals surface area contributed by atoms with E-state index in [4.69, 9.17) is 4.74 Å². The molecule has 1 amide bonds. The van der Waals surface area contributed by atoms with Crippen LogP contribution < -0.4 is 20.9 Å². The van der Waals surface area contributed by atoms with E-state index < -0.39 is 11.9 Å². The maximum Gasteiger partial charge on any atom is 0.225 e. The van der Waals surface area contributed by atoms with Crippen LogP contribution in [0, 0.1) is 17.2 Å². The van der Waals surface area contributed by atoms with E-state index in [2.05, 4.69) is 36.9 Å². The van der Waals surface area contributed by atoms with Crippen LogP contribution in [-0.4, -0.2) is 85.0 Å². The van der Waals surface area contributed by atoms with Gasteiger partial charge >= 0.3 is 0 Å². The molecule has 1 saturated heterocycles. The lowest BCUT2D eigenvalue weighted by Gasteiger charge is -2.59. The molecule has 2 atom stereocenters. The van der Waals surface area contributed by atoms with Crippen LogP contribution in [0.5, 0.6) is 0 Å². The third kappa shape index (κ3) is 4.76. The number of carbonyl (C=O) groups excluding carboxylic acids is 2. The second-order valence-corrected chi connectivity index (χ2v) is 10.2. The first-order valence-corrected chi connectivity index (χ1v) is 12.7. The molecule has 3 aliphatic heterocycles. The number of pyridine rings is 2. The lowest BCUT2D eigenvalue weighted by Crippen LogP contribution is -2.68. The van der Waals surface area contributed by atoms with Gasteiger partial charge in [0.25, 0.3) is 0 Å². The van der Waals surface area contributed by atoms with E-state index in [1.54, 1.807) is 24.1 Å². The number of likely N-dealkylation sites (tertiary alicyclic amines) is 1. The van der Waals surface area contributed by atoms with Gasteiger partial charge in [-0.05, 0) is 38.9 Å². The van der Waals surface area contributed by atoms with Gasteiger partial charge in [-0.1, -0.05) is 6.07 Å². The summed E-state index contributed by atoms with van der Waals surface area (Å²) in [5.74, 6) is 0.784. The number of anilines is 3. The fourth-order valence-electron chi connectivity index (χ4n) is 5.66. The summed E-state index contributed by atoms with van der Waals surface area (Å²) in [4.78, 5) is 37.3. The van der Waals surface area contributed by atoms with Gasteiger partial charge in [-0.25, -0.2) is 9.97 Å². The summed E-state index contributed by atoms with van der Waals surface area (Å²) in [6.07, 6.45) is 2.93. The largest absolute Gasteiger partial charge is 0.383 e. The van der Waals surface area contributed by atoms with Crippen molar-refractivity contribution < 1.29 is 19.4 Å². The van der Waals surface area contributed by atoms with E-state index in [-0.39, 0.29) is 23.6 Å². The predicted molar refractivity (Wildman–Crippen MR) is 139 cm³/mol. The summed E-state index contributed by atoms with van der Waals surface area (Å²) in [6.45, 7) is 2.59. The summed E-state index contributed by atoms with van der Waals surface area (Å²) < 4.78 is 5.06. The molecule has 1 saturated carbocycles. The third-order valence-electron chi connectivity index (χ3n) is 7.65. The molecule has 0 radical (unpaired) electrons. The topological polar surface area (TPSA) is 156 Å². The number of methoxy groups -OCH3 is 1. The molecule has 6 rings (SSSR count). The van der Waals surface area contributed by atoms with Crippen LogP contribution in [0.2, 0.25) is 0 Å². The number of nitrogens with zero attached hydrogens (tertiary/aromatic N) is 5. The van der Waals surface area contributed by atoms with E-state index in [1.165, 1.54) is 6.20 Å². The van der Waals surface area contributed by atoms with Gasteiger partial charge in [-0.2, -0.15) is 5.26 Å². The number of aliphatic hydroxyl groups excluding tert-OH is 1. The maximum absolute atomic E-state index is 13.1. The lowest BCUT2D eigenvalue weighted by molar-refractivity contribution is -0.128. The molecule has 2 bridgehead atoms. The number of hydrogen-bond donors (Lipinski definition) is 4. The smallest absolute Gasteiger partial charge is 0.225 e. The number of aromatic nitrogens is 2. The zero-order valence-corrected chi connectivity index (χ0v) is 21.5. The number of carbonyl (C=O) groups is 2. The Morgan fingerprint density at radius 2 is 2.24 bits per heavy atom. The Kier molecular flexibility index (Phi) is 7.16. The van der Waals surface area contributed by atoms with Crippen molar-refractivity contribution in [2.24, 2.45) is 5.92 Å². The Morgan fingerprint density at radius 1 is 1.42 bits per heavy atom. The van der Waals surface area contributed by atoms with Crippen molar-refractivity contribution in [2.45, 2.75) is 37.2 Å². The minimum absolute atomic E-state index is 0.0284. The zero-order valence-electron chi connectivity index (χ0n) is 21.5. The molecular weight excluding hydrogens is 488 g/mol. The number of aliphatic hydroxyl groups is 1. The molecule has 12 nitrogen and oxygen atoms in total. The number of amides is 1. The zero-order chi connectivity index (χ0) is 26.9. The first-order chi connectivity index (χ1) is 18.4. The molecule has 38 heavy (non-hydrogen) atoms. The van der Waals surface area contributed by atoms with E-state index in [9.17, 15) is 20.0 Å². The van der Waals surface area contributed by atoms with Crippen LogP contribution in [0.15, 0.2) is 24.4 Å². The standard InChI is InChI=1S/C26H32N8O4/c1-33-7-5-16(14-33)24(36)32-26-10-19(11-26)34(23-20(26)4-3-18(15-35)30-23)25(37)31-22-9-21(28-6-8-38-2)17(12-27)13-29-22/h3-4,9,13,15-16,19,25,37H,5-8,10-11,14H2,1-2H3,(H,32,36)(H2,28,29,31). The van der Waals surface area contributed by atoms with Crippen LogP contribution in [0.4, 0.5) is 17.3 Å². The van der Waals surface area contributed by atoms with Crippen molar-refractivity contribution >= 4 is 29.5 Å². The molecule has 4 N–H and O–H groups in total. The second-order valence-electron chi connectivity index (χ2n) is 10.2. The summed E-state index contributed by atoms with van der Waals surface area (Å²) >= 11 is 0. The van der Waals surface area contributed by atoms with E-state index in [0.29, 0.717) is 55.2 Å². The van der Waals surface area contributed by atoms with Crippen LogP contribution in [-0.2, 0) is 15.1 Å². The third-order valence-corrected chi connectivity index (χ3v) is 7.65. The molecule has 12 heteroatoms. The minimum atomic E-state index is -1.21. The first kappa shape index (κ1) is 25.8. The molecular formula is C26H32N8O4. The van der Waals surface area contributed by atoms with Crippen LogP contribution in [0.1, 0.15) is 40.9 Å². The Labute approximate surface area is 221 Å². The normalized spacial score (nSPS) is 24.5. The van der Waals surface area contributed by atoms with Crippen molar-refractivity contribution in [1.29, 1.82) is 5.26 Å². The number of nitriles is 1. The van der Waals surface area contributed by atoms with Crippen molar-refractivity contribution in [3.8, 4) is 6.07 Å². The quantitative estimate of drug-likeness (QED) is 0.200. The molecule has 4 aliphatic rings. The highest BCUT2D eigenvalue weighted by Crippen LogP contribution is 2.53. The molecule has 2 aromatic heterocycles. The fraction of sp³-hybridized carbons (Fsp3) is 0.500. The molecule has 5 heterocycles. The molecule has 2 unspecified atom stereocenters. The van der Waals surface area contributed by atoms with Crippen molar-refractivity contribution in [3.05, 3.63) is 41.2 Å². The Bertz CT molecular complexity index is 1260. The number of rotatable bonds is 10. The van der Waals surface area contributed by atoms with E-state index in [1.807, 2.05) is 13.1 Å². The average molecular weight is 521 g/mol. The van der Waals surface area contributed by atoms with Crippen molar-refractivity contribution in [2.75, 3.05) is 55.9 Å². The van der Waals surface area contributed by atoms with Crippen LogP contribution in [0.3, 0.4) is 0 Å².